The number of amides is 2. The number of carbonyl (C=O) groups excluding carboxylic acids is 2. The maximum Gasteiger partial charge on any atom is 0.249 e. The van der Waals surface area contributed by atoms with E-state index >= 15 is 0 Å². The third kappa shape index (κ3) is 4.52. The van der Waals surface area contributed by atoms with Gasteiger partial charge >= 0.3 is 0 Å². The Morgan fingerprint density at radius 2 is 1.71 bits per heavy atom. The Morgan fingerprint density at radius 3 is 2.35 bits per heavy atom. The van der Waals surface area contributed by atoms with Crippen molar-refractivity contribution in [3.05, 3.63) is 89.1 Å². The first kappa shape index (κ1) is 23.8. The molecule has 3 aromatic carbocycles. The van der Waals surface area contributed by atoms with Gasteiger partial charge in [0, 0.05) is 32.6 Å². The van der Waals surface area contributed by atoms with Gasteiger partial charge in [0.15, 0.2) is 0 Å². The van der Waals surface area contributed by atoms with Crippen LogP contribution in [0.3, 0.4) is 0 Å². The van der Waals surface area contributed by atoms with Crippen molar-refractivity contribution < 1.29 is 9.59 Å². The third-order valence-electron chi connectivity index (χ3n) is 5.47. The van der Waals surface area contributed by atoms with Crippen LogP contribution in [-0.2, 0) is 4.79 Å². The molecular weight excluding hydrogens is 471 g/mol. The summed E-state index contributed by atoms with van der Waals surface area (Å²) in [6, 6.07) is 19.7. The van der Waals surface area contributed by atoms with Gasteiger partial charge in [0.2, 0.25) is 11.8 Å². The normalized spacial score (nSPS) is 12.5. The highest BCUT2D eigenvalue weighted by molar-refractivity contribution is 6.30. The number of nitrogens with two attached hydrogens (primary N) is 1. The Kier molecular flexibility index (Phi) is 6.39. The molecule has 0 spiro atoms. The van der Waals surface area contributed by atoms with Crippen LogP contribution in [-0.4, -0.2) is 21.6 Å². The number of alkyl halides is 1. The molecule has 6 nitrogen and oxygen atoms in total. The van der Waals surface area contributed by atoms with Crippen LogP contribution < -0.4 is 10.6 Å². The van der Waals surface area contributed by atoms with Gasteiger partial charge in [-0.3, -0.25) is 14.5 Å². The molecule has 1 aromatic heterocycles. The maximum atomic E-state index is 13.5. The van der Waals surface area contributed by atoms with Gasteiger partial charge in [-0.25, -0.2) is 4.68 Å². The summed E-state index contributed by atoms with van der Waals surface area (Å²) in [5, 5.41) is 5.97. The van der Waals surface area contributed by atoms with Crippen molar-refractivity contribution in [2.24, 2.45) is 11.1 Å². The first-order valence-electron chi connectivity index (χ1n) is 10.7. The minimum Gasteiger partial charge on any atom is -0.366 e. The second-order valence-electron chi connectivity index (χ2n) is 8.99. The number of nitrogens with zero attached hydrogens (tertiary/aromatic N) is 3. The highest BCUT2D eigenvalue weighted by Gasteiger charge is 2.34. The molecule has 0 aliphatic carbocycles. The lowest BCUT2D eigenvalue weighted by molar-refractivity contribution is -0.126. The summed E-state index contributed by atoms with van der Waals surface area (Å²) < 4.78 is 1.80. The Hall–Kier alpha value is -3.35. The molecule has 0 aliphatic rings. The molecule has 0 bridgehead atoms. The molecule has 1 unspecified atom stereocenters. The van der Waals surface area contributed by atoms with Gasteiger partial charge in [-0.2, -0.15) is 5.10 Å². The predicted octanol–water partition coefficient (Wildman–Crippen LogP) is 6.09. The maximum absolute atomic E-state index is 13.5. The Morgan fingerprint density at radius 1 is 1.03 bits per heavy atom. The molecule has 8 heteroatoms. The van der Waals surface area contributed by atoms with Crippen LogP contribution in [0.4, 0.5) is 5.69 Å². The molecule has 2 amide bonds. The largest absolute Gasteiger partial charge is 0.366 e. The van der Waals surface area contributed by atoms with Crippen LogP contribution in [0.5, 0.6) is 0 Å². The highest BCUT2D eigenvalue weighted by atomic mass is 35.5. The van der Waals surface area contributed by atoms with E-state index in [0.29, 0.717) is 16.3 Å². The molecule has 4 rings (SSSR count). The molecule has 0 saturated heterocycles. The molecule has 0 fully saturated rings. The molecule has 0 radical (unpaired) electrons. The summed E-state index contributed by atoms with van der Waals surface area (Å²) in [5.41, 5.74) is 6.94. The van der Waals surface area contributed by atoms with E-state index in [0.717, 1.165) is 16.6 Å². The summed E-state index contributed by atoms with van der Waals surface area (Å²) >= 11 is 12.9. The van der Waals surface area contributed by atoms with E-state index in [1.165, 1.54) is 4.90 Å². The first-order chi connectivity index (χ1) is 16.1. The second-order valence-corrected chi connectivity index (χ2v) is 9.84. The Bertz CT molecular complexity index is 1370. The summed E-state index contributed by atoms with van der Waals surface area (Å²) in [4.78, 5) is 27.1. The number of hydrogen-bond acceptors (Lipinski definition) is 3. The number of anilines is 1. The molecule has 34 heavy (non-hydrogen) atoms. The molecule has 4 aromatic rings. The highest BCUT2D eigenvalue weighted by Crippen LogP contribution is 2.37. The van der Waals surface area contributed by atoms with Gasteiger partial charge in [-0.05, 0) is 48.5 Å². The van der Waals surface area contributed by atoms with Crippen molar-refractivity contribution in [1.29, 1.82) is 0 Å². The molecule has 2 N–H and O–H groups in total. The van der Waals surface area contributed by atoms with Gasteiger partial charge in [-0.1, -0.05) is 62.2 Å². The summed E-state index contributed by atoms with van der Waals surface area (Å²) in [6.45, 7) is 5.47. The first-order valence-corrected chi connectivity index (χ1v) is 11.5. The van der Waals surface area contributed by atoms with E-state index in [1.807, 2.05) is 51.1 Å². The zero-order valence-electron chi connectivity index (χ0n) is 19.0. The molecule has 1 atom stereocenters. The van der Waals surface area contributed by atoms with Crippen LogP contribution in [0.2, 0.25) is 5.02 Å². The number of aromatic nitrogens is 2. The lowest BCUT2D eigenvalue weighted by atomic mass is 9.93. The van der Waals surface area contributed by atoms with E-state index in [9.17, 15) is 9.59 Å². The Labute approximate surface area is 207 Å². The van der Waals surface area contributed by atoms with Crippen LogP contribution in [0.15, 0.2) is 72.9 Å². The van der Waals surface area contributed by atoms with Crippen LogP contribution in [0, 0.1) is 5.41 Å². The number of rotatable bonds is 5. The zero-order valence-corrected chi connectivity index (χ0v) is 20.5. The van der Waals surface area contributed by atoms with Crippen molar-refractivity contribution in [3.8, 4) is 5.69 Å². The van der Waals surface area contributed by atoms with E-state index in [-0.39, 0.29) is 11.5 Å². The number of carbonyl (C=O) groups is 2. The van der Waals surface area contributed by atoms with Crippen molar-refractivity contribution in [1.82, 2.24) is 9.78 Å². The zero-order chi connectivity index (χ0) is 24.6. The van der Waals surface area contributed by atoms with Crippen molar-refractivity contribution in [3.63, 3.8) is 0 Å². The molecule has 1 heterocycles. The van der Waals surface area contributed by atoms with E-state index in [2.05, 4.69) is 5.10 Å². The quantitative estimate of drug-likeness (QED) is 0.269. The lowest BCUT2D eigenvalue weighted by Crippen LogP contribution is -2.41. The third-order valence-corrected chi connectivity index (χ3v) is 6.15. The Balaban J connectivity index is 1.82. The molecule has 174 valence electrons. The number of benzene rings is 3. The van der Waals surface area contributed by atoms with Crippen LogP contribution in [0.25, 0.3) is 16.6 Å². The van der Waals surface area contributed by atoms with E-state index < -0.39 is 16.8 Å². The number of hydrogen-bond donors (Lipinski definition) is 1. The molecule has 0 saturated carbocycles. The summed E-state index contributed by atoms with van der Waals surface area (Å²) in [6.07, 6.45) is 1.73. The van der Waals surface area contributed by atoms with Gasteiger partial charge in [0.25, 0.3) is 0 Å². The smallest absolute Gasteiger partial charge is 0.249 e. The van der Waals surface area contributed by atoms with Crippen molar-refractivity contribution in [2.45, 2.75) is 26.3 Å². The fourth-order valence-corrected chi connectivity index (χ4v) is 4.26. The van der Waals surface area contributed by atoms with E-state index in [1.54, 1.807) is 47.3 Å². The lowest BCUT2D eigenvalue weighted by Gasteiger charge is -2.34. The fourth-order valence-electron chi connectivity index (χ4n) is 3.74. The second kappa shape index (κ2) is 9.12. The van der Waals surface area contributed by atoms with Gasteiger partial charge in [-0.15, -0.1) is 0 Å². The summed E-state index contributed by atoms with van der Waals surface area (Å²) in [5.74, 6) is -0.805. The van der Waals surface area contributed by atoms with Gasteiger partial charge < -0.3 is 5.73 Å². The van der Waals surface area contributed by atoms with E-state index in [4.69, 9.17) is 28.9 Å². The van der Waals surface area contributed by atoms with Crippen LogP contribution >= 0.6 is 23.2 Å². The number of fused-ring (bicyclic) bond motifs is 1. The summed E-state index contributed by atoms with van der Waals surface area (Å²) in [7, 11) is 0. The van der Waals surface area contributed by atoms with Crippen molar-refractivity contribution >= 4 is 51.6 Å². The minimum absolute atomic E-state index is 0.198. The average Bonchev–Trinajstić information content (AvgIpc) is 3.22. The minimum atomic E-state index is -0.945. The fraction of sp³-hybridized carbons (Fsp3) is 0.192. The molecular formula is C26H24Cl2N4O2. The SMILES string of the molecule is CC(C)(C)C(=O)N(c1ccc2c(cnn2-c2ccc(Cl)cc2)c1)C(Cl)c1ccccc1C(N)=O. The monoisotopic (exact) mass is 494 g/mol. The predicted molar refractivity (Wildman–Crippen MR) is 137 cm³/mol. The van der Waals surface area contributed by atoms with Gasteiger partial charge in [0.1, 0.15) is 5.50 Å². The number of primary amides is 1. The number of halogens is 2. The molecule has 0 aliphatic heterocycles. The topological polar surface area (TPSA) is 81.2 Å². The van der Waals surface area contributed by atoms with Crippen molar-refractivity contribution in [2.75, 3.05) is 4.90 Å². The standard InChI is InChI=1S/C26H24Cl2N4O2/c1-26(2,3)25(34)31(23(28)20-6-4-5-7-21(20)24(29)33)19-12-13-22-16(14-19)15-30-32(22)18-10-8-17(27)9-11-18/h4-15,23H,1-3H3,(H2,29,33). The van der Waals surface area contributed by atoms with Crippen LogP contribution in [0.1, 0.15) is 42.2 Å². The average molecular weight is 495 g/mol. The van der Waals surface area contributed by atoms with Gasteiger partial charge in [0.05, 0.1) is 17.4 Å².